The minimum Gasteiger partial charge on any atom is -0.315 e. The molecule has 94 valence electrons. The molecule has 5 heteroatoms. The van der Waals surface area contributed by atoms with E-state index in [-0.39, 0.29) is 5.82 Å². The average Bonchev–Trinajstić information content (AvgIpc) is 2.90. The van der Waals surface area contributed by atoms with E-state index in [2.05, 4.69) is 20.1 Å². The van der Waals surface area contributed by atoms with Gasteiger partial charge in [0.25, 0.3) is 0 Å². The molecule has 3 rings (SSSR count). The van der Waals surface area contributed by atoms with Gasteiger partial charge in [-0.1, -0.05) is 0 Å². The molecule has 0 amide bonds. The lowest BCUT2D eigenvalue weighted by atomic mass is 10.1. The van der Waals surface area contributed by atoms with Crippen LogP contribution in [0.1, 0.15) is 18.9 Å². The summed E-state index contributed by atoms with van der Waals surface area (Å²) in [5, 5.41) is 11.5. The zero-order chi connectivity index (χ0) is 12.4. The van der Waals surface area contributed by atoms with Crippen LogP contribution in [0.3, 0.4) is 0 Å². The highest BCUT2D eigenvalue weighted by Gasteiger charge is 2.18. The summed E-state index contributed by atoms with van der Waals surface area (Å²) in [6, 6.07) is 6.77. The number of hydrogen-bond donors (Lipinski definition) is 1. The van der Waals surface area contributed by atoms with Crippen molar-refractivity contribution in [2.45, 2.75) is 18.9 Å². The molecule has 0 saturated carbocycles. The molecule has 1 aliphatic heterocycles. The first kappa shape index (κ1) is 11.3. The third-order valence-corrected chi connectivity index (χ3v) is 3.34. The van der Waals surface area contributed by atoms with Crippen LogP contribution in [0.15, 0.2) is 30.6 Å². The molecule has 2 aromatic rings. The van der Waals surface area contributed by atoms with Crippen LogP contribution in [-0.2, 0) is 0 Å². The van der Waals surface area contributed by atoms with Gasteiger partial charge in [0.2, 0.25) is 0 Å². The molecule has 1 saturated heterocycles. The van der Waals surface area contributed by atoms with Crippen LogP contribution >= 0.6 is 0 Å². The molecule has 0 bridgehead atoms. The minimum absolute atomic E-state index is 0.232. The van der Waals surface area contributed by atoms with E-state index >= 15 is 0 Å². The van der Waals surface area contributed by atoms with Crippen molar-refractivity contribution in [1.29, 1.82) is 0 Å². The second-order valence-electron chi connectivity index (χ2n) is 4.57. The van der Waals surface area contributed by atoms with Crippen molar-refractivity contribution in [3.63, 3.8) is 0 Å². The molecule has 1 aliphatic rings. The molecule has 0 spiro atoms. The Hall–Kier alpha value is -1.75. The van der Waals surface area contributed by atoms with Crippen molar-refractivity contribution in [1.82, 2.24) is 20.1 Å². The predicted octanol–water partition coefficient (Wildman–Crippen LogP) is 2.01. The maximum Gasteiger partial charge on any atom is 0.164 e. The Kier molecular flexibility index (Phi) is 3.06. The quantitative estimate of drug-likeness (QED) is 0.881. The molecule has 1 N–H and O–H groups in total. The molecule has 1 aromatic carbocycles. The number of piperidine rings is 1. The zero-order valence-electron chi connectivity index (χ0n) is 10.0. The zero-order valence-corrected chi connectivity index (χ0v) is 10.0. The number of nitrogens with zero attached hydrogens (tertiary/aromatic N) is 3. The van der Waals surface area contributed by atoms with Gasteiger partial charge in [0, 0.05) is 18.2 Å². The van der Waals surface area contributed by atoms with Crippen LogP contribution in [0.25, 0.3) is 11.4 Å². The van der Waals surface area contributed by atoms with Crippen LogP contribution in [0.4, 0.5) is 4.39 Å². The van der Waals surface area contributed by atoms with E-state index in [1.165, 1.54) is 12.1 Å². The Labute approximate surface area is 105 Å². The lowest BCUT2D eigenvalue weighted by Gasteiger charge is -2.24. The first-order valence-corrected chi connectivity index (χ1v) is 6.21. The van der Waals surface area contributed by atoms with Gasteiger partial charge < -0.3 is 9.88 Å². The van der Waals surface area contributed by atoms with E-state index in [1.807, 2.05) is 0 Å². The summed E-state index contributed by atoms with van der Waals surface area (Å²) in [5.41, 5.74) is 0.902. The second-order valence-corrected chi connectivity index (χ2v) is 4.57. The van der Waals surface area contributed by atoms with Gasteiger partial charge in [-0.3, -0.25) is 0 Å². The highest BCUT2D eigenvalue weighted by atomic mass is 19.1. The van der Waals surface area contributed by atoms with E-state index in [0.717, 1.165) is 37.3 Å². The van der Waals surface area contributed by atoms with Crippen molar-refractivity contribution in [3.8, 4) is 11.4 Å². The standard InChI is InChI=1S/C13H15FN4/c14-11-5-3-10(4-6-11)13-17-16-9-18(13)12-2-1-7-15-8-12/h3-6,9,12,15H,1-2,7-8H2. The fraction of sp³-hybridized carbons (Fsp3) is 0.385. The Bertz CT molecular complexity index is 514. The summed E-state index contributed by atoms with van der Waals surface area (Å²) in [7, 11) is 0. The van der Waals surface area contributed by atoms with E-state index in [0.29, 0.717) is 6.04 Å². The molecular weight excluding hydrogens is 231 g/mol. The number of hydrogen-bond acceptors (Lipinski definition) is 3. The summed E-state index contributed by atoms with van der Waals surface area (Å²) in [4.78, 5) is 0. The SMILES string of the molecule is Fc1ccc(-c2nncn2C2CCCNC2)cc1. The average molecular weight is 246 g/mol. The molecule has 0 radical (unpaired) electrons. The van der Waals surface area contributed by atoms with Crippen LogP contribution in [-0.4, -0.2) is 27.9 Å². The van der Waals surface area contributed by atoms with E-state index < -0.39 is 0 Å². The van der Waals surface area contributed by atoms with E-state index in [1.54, 1.807) is 18.5 Å². The van der Waals surface area contributed by atoms with Crippen LogP contribution in [0.2, 0.25) is 0 Å². The smallest absolute Gasteiger partial charge is 0.164 e. The third-order valence-electron chi connectivity index (χ3n) is 3.34. The topological polar surface area (TPSA) is 42.7 Å². The summed E-state index contributed by atoms with van der Waals surface area (Å²) in [6.45, 7) is 2.01. The summed E-state index contributed by atoms with van der Waals surface area (Å²) >= 11 is 0. The molecule has 1 unspecified atom stereocenters. The highest BCUT2D eigenvalue weighted by molar-refractivity contribution is 5.54. The number of aromatic nitrogens is 3. The molecule has 1 aromatic heterocycles. The molecule has 18 heavy (non-hydrogen) atoms. The van der Waals surface area contributed by atoms with Crippen molar-refractivity contribution in [2.24, 2.45) is 0 Å². The largest absolute Gasteiger partial charge is 0.315 e. The normalized spacial score (nSPS) is 19.9. The molecule has 1 atom stereocenters. The third kappa shape index (κ3) is 2.13. The fourth-order valence-electron chi connectivity index (χ4n) is 2.39. The van der Waals surface area contributed by atoms with Gasteiger partial charge in [-0.2, -0.15) is 0 Å². The van der Waals surface area contributed by atoms with Crippen LogP contribution < -0.4 is 5.32 Å². The van der Waals surface area contributed by atoms with Gasteiger partial charge in [-0.05, 0) is 43.7 Å². The maximum atomic E-state index is 12.9. The monoisotopic (exact) mass is 246 g/mol. The Morgan fingerprint density at radius 1 is 1.28 bits per heavy atom. The van der Waals surface area contributed by atoms with Gasteiger partial charge in [0.1, 0.15) is 12.1 Å². The molecule has 1 fully saturated rings. The predicted molar refractivity (Wildman–Crippen MR) is 66.6 cm³/mol. The Morgan fingerprint density at radius 3 is 2.83 bits per heavy atom. The molecule has 2 heterocycles. The van der Waals surface area contributed by atoms with Crippen molar-refractivity contribution in [3.05, 3.63) is 36.4 Å². The van der Waals surface area contributed by atoms with Gasteiger partial charge >= 0.3 is 0 Å². The Balaban J connectivity index is 1.93. The van der Waals surface area contributed by atoms with E-state index in [4.69, 9.17) is 0 Å². The molecular formula is C13H15FN4. The van der Waals surface area contributed by atoms with Crippen molar-refractivity contribution >= 4 is 0 Å². The lowest BCUT2D eigenvalue weighted by Crippen LogP contribution is -2.31. The van der Waals surface area contributed by atoms with Gasteiger partial charge in [-0.25, -0.2) is 4.39 Å². The number of nitrogens with one attached hydrogen (secondary N) is 1. The first-order valence-electron chi connectivity index (χ1n) is 6.21. The number of benzene rings is 1. The Morgan fingerprint density at radius 2 is 2.11 bits per heavy atom. The first-order chi connectivity index (χ1) is 8.84. The van der Waals surface area contributed by atoms with Gasteiger partial charge in [0.05, 0.1) is 0 Å². The fourth-order valence-corrected chi connectivity index (χ4v) is 2.39. The van der Waals surface area contributed by atoms with Crippen LogP contribution in [0, 0.1) is 5.82 Å². The summed E-state index contributed by atoms with van der Waals surface area (Å²) < 4.78 is 15.0. The molecule has 0 aliphatic carbocycles. The minimum atomic E-state index is -0.232. The molecule has 4 nitrogen and oxygen atoms in total. The van der Waals surface area contributed by atoms with Gasteiger partial charge in [-0.15, -0.1) is 10.2 Å². The van der Waals surface area contributed by atoms with Gasteiger partial charge in [0.15, 0.2) is 5.82 Å². The lowest BCUT2D eigenvalue weighted by molar-refractivity contribution is 0.373. The van der Waals surface area contributed by atoms with E-state index in [9.17, 15) is 4.39 Å². The number of halogens is 1. The van der Waals surface area contributed by atoms with Crippen molar-refractivity contribution < 1.29 is 4.39 Å². The van der Waals surface area contributed by atoms with Crippen molar-refractivity contribution in [2.75, 3.05) is 13.1 Å². The summed E-state index contributed by atoms with van der Waals surface area (Å²) in [5.74, 6) is 0.577. The second kappa shape index (κ2) is 4.86. The van der Waals surface area contributed by atoms with Crippen LogP contribution in [0.5, 0.6) is 0 Å². The highest BCUT2D eigenvalue weighted by Crippen LogP contribution is 2.24. The summed E-state index contributed by atoms with van der Waals surface area (Å²) in [6.07, 6.45) is 4.04. The number of rotatable bonds is 2. The maximum absolute atomic E-state index is 12.9.